The molecule has 2 aliphatic carbocycles. The highest BCUT2D eigenvalue weighted by Crippen LogP contribution is 2.45. The molecule has 9 heteroatoms. The number of nitrogens with zero attached hydrogens (tertiary/aromatic N) is 2. The van der Waals surface area contributed by atoms with E-state index >= 15 is 0 Å². The van der Waals surface area contributed by atoms with Gasteiger partial charge >= 0.3 is 0 Å². The summed E-state index contributed by atoms with van der Waals surface area (Å²) in [6, 6.07) is 7.30. The molecule has 1 aliphatic heterocycles. The van der Waals surface area contributed by atoms with E-state index in [2.05, 4.69) is 10.2 Å². The first-order valence-electron chi connectivity index (χ1n) is 11.7. The number of para-hydroxylation sites is 1. The van der Waals surface area contributed by atoms with Crippen LogP contribution in [0.3, 0.4) is 0 Å². The molecule has 1 amide bonds. The average molecular weight is 476 g/mol. The predicted octanol–water partition coefficient (Wildman–Crippen LogP) is 2.66. The van der Waals surface area contributed by atoms with Crippen LogP contribution >= 0.6 is 0 Å². The second kappa shape index (κ2) is 8.11. The van der Waals surface area contributed by atoms with Crippen molar-refractivity contribution in [2.75, 3.05) is 30.8 Å². The van der Waals surface area contributed by atoms with Gasteiger partial charge in [-0.25, -0.2) is 12.8 Å². The monoisotopic (exact) mass is 475 g/mol. The van der Waals surface area contributed by atoms with E-state index in [0.717, 1.165) is 29.4 Å². The molecule has 0 bridgehead atoms. The van der Waals surface area contributed by atoms with Crippen molar-refractivity contribution in [2.45, 2.75) is 56.0 Å². The molecule has 1 aromatic heterocycles. The van der Waals surface area contributed by atoms with Crippen molar-refractivity contribution in [1.82, 2.24) is 9.88 Å². The van der Waals surface area contributed by atoms with Gasteiger partial charge in [0.25, 0.3) is 11.5 Å². The summed E-state index contributed by atoms with van der Waals surface area (Å²) >= 11 is 0. The fourth-order valence-electron chi connectivity index (χ4n) is 5.35. The van der Waals surface area contributed by atoms with Crippen LogP contribution in [0.2, 0.25) is 0 Å². The number of hydrogen-bond acceptors (Lipinski definition) is 5. The number of halogens is 1. The molecule has 0 spiro atoms. The molecule has 2 aromatic rings. The van der Waals surface area contributed by atoms with Gasteiger partial charge in [0.15, 0.2) is 9.84 Å². The lowest BCUT2D eigenvalue weighted by molar-refractivity contribution is 0.0937. The van der Waals surface area contributed by atoms with Crippen molar-refractivity contribution in [2.24, 2.45) is 5.92 Å². The minimum Gasteiger partial charge on any atom is -0.366 e. The third kappa shape index (κ3) is 4.05. The molecular formula is C24H30FN3O4S. The van der Waals surface area contributed by atoms with Gasteiger partial charge < -0.3 is 14.8 Å². The van der Waals surface area contributed by atoms with Gasteiger partial charge in [-0.05, 0) is 56.6 Å². The number of carbonyl (C=O) groups excluding carboxylic acids is 1. The van der Waals surface area contributed by atoms with Gasteiger partial charge in [-0.15, -0.1) is 0 Å². The molecule has 0 unspecified atom stereocenters. The second-order valence-electron chi connectivity index (χ2n) is 9.93. The quantitative estimate of drug-likeness (QED) is 0.694. The van der Waals surface area contributed by atoms with Gasteiger partial charge in [0.2, 0.25) is 0 Å². The molecule has 0 atom stereocenters. The van der Waals surface area contributed by atoms with Crippen LogP contribution in [0.15, 0.2) is 29.1 Å². The van der Waals surface area contributed by atoms with Crippen LogP contribution in [0.4, 0.5) is 10.1 Å². The Bertz CT molecular complexity index is 1260. The fourth-order valence-corrected chi connectivity index (χ4v) is 6.59. The van der Waals surface area contributed by atoms with Gasteiger partial charge in [-0.1, -0.05) is 12.1 Å². The van der Waals surface area contributed by atoms with Crippen LogP contribution < -0.4 is 15.8 Å². The second-order valence-corrected chi connectivity index (χ2v) is 12.3. The molecule has 33 heavy (non-hydrogen) atoms. The lowest BCUT2D eigenvalue weighted by Gasteiger charge is -2.34. The van der Waals surface area contributed by atoms with Crippen molar-refractivity contribution < 1.29 is 17.6 Å². The number of aromatic nitrogens is 1. The van der Waals surface area contributed by atoms with E-state index in [1.807, 2.05) is 18.2 Å². The van der Waals surface area contributed by atoms with E-state index < -0.39 is 26.7 Å². The maximum absolute atomic E-state index is 13.4. The predicted molar refractivity (Wildman–Crippen MR) is 126 cm³/mol. The van der Waals surface area contributed by atoms with E-state index in [1.165, 1.54) is 6.26 Å². The number of nitrogens with one attached hydrogen (secondary N) is 1. The summed E-state index contributed by atoms with van der Waals surface area (Å²) < 4.78 is 38.9. The highest BCUT2D eigenvalue weighted by molar-refractivity contribution is 7.92. The summed E-state index contributed by atoms with van der Waals surface area (Å²) in [5.74, 6) is -0.151. The highest BCUT2D eigenvalue weighted by Gasteiger charge is 2.53. The lowest BCUT2D eigenvalue weighted by atomic mass is 9.88. The number of carbonyl (C=O) groups is 1. The van der Waals surface area contributed by atoms with Gasteiger partial charge in [-0.2, -0.15) is 0 Å². The third-order valence-corrected chi connectivity index (χ3v) is 9.78. The maximum atomic E-state index is 13.4. The van der Waals surface area contributed by atoms with Crippen molar-refractivity contribution >= 4 is 32.3 Å². The molecule has 178 valence electrons. The number of hydrogen-bond donors (Lipinski definition) is 1. The zero-order valence-corrected chi connectivity index (χ0v) is 19.7. The number of rotatable bonds is 6. The van der Waals surface area contributed by atoms with E-state index in [-0.39, 0.29) is 17.0 Å². The minimum atomic E-state index is -3.17. The van der Waals surface area contributed by atoms with Gasteiger partial charge in [0.1, 0.15) is 11.7 Å². The number of alkyl halides is 1. The van der Waals surface area contributed by atoms with Gasteiger partial charge in [-0.3, -0.25) is 9.59 Å². The maximum Gasteiger partial charge on any atom is 0.264 e. The SMILES string of the molecule is CS(=O)(=O)C1(CN2CCn3c(=O)c(C(=O)NC[C@H]4CC[C@@H](F)CC4)cc4cccc2c43)CC1. The van der Waals surface area contributed by atoms with Crippen LogP contribution in [0, 0.1) is 5.92 Å². The zero-order valence-electron chi connectivity index (χ0n) is 18.8. The first-order chi connectivity index (χ1) is 15.7. The molecule has 5 rings (SSSR count). The standard InChI is InChI=1S/C24H30FN3O4S/c1-33(31,32)24(9-10-24)15-27-11-12-28-21-17(3-2-4-20(21)27)13-19(23(28)30)22(29)26-14-16-5-7-18(25)8-6-16/h2-4,13,16,18H,5-12,14-15H2,1H3,(H,26,29)/t16-,18+. The Balaban J connectivity index is 1.41. The van der Waals surface area contributed by atoms with Crippen LogP contribution in [0.1, 0.15) is 48.9 Å². The average Bonchev–Trinajstić information content (AvgIpc) is 3.57. The number of amides is 1. The van der Waals surface area contributed by atoms with Crippen LogP contribution in [0.25, 0.3) is 10.9 Å². The number of anilines is 1. The first kappa shape index (κ1) is 22.4. The van der Waals surface area contributed by atoms with Gasteiger partial charge in [0, 0.05) is 37.8 Å². The highest BCUT2D eigenvalue weighted by atomic mass is 32.2. The Hall–Kier alpha value is -2.42. The van der Waals surface area contributed by atoms with Gasteiger partial charge in [0.05, 0.1) is 16.0 Å². The summed E-state index contributed by atoms with van der Waals surface area (Å²) in [6.45, 7) is 1.78. The van der Waals surface area contributed by atoms with Crippen molar-refractivity contribution in [3.8, 4) is 0 Å². The molecular weight excluding hydrogens is 445 g/mol. The fraction of sp³-hybridized carbons (Fsp3) is 0.583. The topological polar surface area (TPSA) is 88.5 Å². The van der Waals surface area contributed by atoms with E-state index in [1.54, 1.807) is 10.6 Å². The zero-order chi connectivity index (χ0) is 23.4. The molecule has 1 N–H and O–H groups in total. The van der Waals surface area contributed by atoms with Crippen molar-refractivity contribution in [3.05, 3.63) is 40.2 Å². The molecule has 2 saturated carbocycles. The Morgan fingerprint density at radius 2 is 1.91 bits per heavy atom. The van der Waals surface area contributed by atoms with Crippen molar-refractivity contribution in [3.63, 3.8) is 0 Å². The molecule has 1 aromatic carbocycles. The molecule has 0 radical (unpaired) electrons. The molecule has 2 heterocycles. The summed E-state index contributed by atoms with van der Waals surface area (Å²) in [7, 11) is -3.17. The smallest absolute Gasteiger partial charge is 0.264 e. The Kier molecular flexibility index (Phi) is 5.50. The Morgan fingerprint density at radius 1 is 1.18 bits per heavy atom. The normalized spacial score (nSPS) is 24.0. The van der Waals surface area contributed by atoms with E-state index in [0.29, 0.717) is 51.9 Å². The molecule has 3 aliphatic rings. The summed E-state index contributed by atoms with van der Waals surface area (Å²) in [5.41, 5.74) is 1.36. The summed E-state index contributed by atoms with van der Waals surface area (Å²) in [6.07, 6.45) is 4.45. The molecule has 0 saturated heterocycles. The number of pyridine rings is 1. The van der Waals surface area contributed by atoms with E-state index in [9.17, 15) is 22.4 Å². The first-order valence-corrected chi connectivity index (χ1v) is 13.6. The third-order valence-electron chi connectivity index (χ3n) is 7.67. The van der Waals surface area contributed by atoms with Crippen LogP contribution in [-0.2, 0) is 16.4 Å². The Labute approximate surface area is 192 Å². The number of sulfone groups is 1. The largest absolute Gasteiger partial charge is 0.366 e. The van der Waals surface area contributed by atoms with E-state index in [4.69, 9.17) is 0 Å². The van der Waals surface area contributed by atoms with Crippen LogP contribution in [0.5, 0.6) is 0 Å². The summed E-state index contributed by atoms with van der Waals surface area (Å²) in [5, 5.41) is 3.67. The van der Waals surface area contributed by atoms with Crippen molar-refractivity contribution in [1.29, 1.82) is 0 Å². The number of benzene rings is 1. The lowest BCUT2D eigenvalue weighted by Crippen LogP contribution is -2.44. The van der Waals surface area contributed by atoms with Crippen LogP contribution in [-0.4, -0.2) is 55.7 Å². The minimum absolute atomic E-state index is 0.113. The Morgan fingerprint density at radius 3 is 2.58 bits per heavy atom. The molecule has 7 nitrogen and oxygen atoms in total. The molecule has 2 fully saturated rings. The summed E-state index contributed by atoms with van der Waals surface area (Å²) in [4.78, 5) is 28.2.